The molecule has 2 N–H and O–H groups in total. The smallest absolute Gasteiger partial charge is 0.0634 e. The summed E-state index contributed by atoms with van der Waals surface area (Å²) in [6.45, 7) is 18.5. The molecule has 0 rings (SSSR count). The van der Waals surface area contributed by atoms with Crippen molar-refractivity contribution in [3.8, 4) is 0 Å². The molecule has 0 aromatic rings. The lowest BCUT2D eigenvalue weighted by atomic mass is 10.1. The molecule has 0 atom stereocenters. The Morgan fingerprint density at radius 1 is 0.800 bits per heavy atom. The maximum absolute atomic E-state index is 6.94. The van der Waals surface area contributed by atoms with Crippen LogP contribution in [-0.2, 0) is 0 Å². The third-order valence-corrected chi connectivity index (χ3v) is 15.3. The Morgan fingerprint density at radius 2 is 1.20 bits per heavy atom. The normalized spacial score (nSPS) is 13.6. The van der Waals surface area contributed by atoms with Crippen LogP contribution in [0.2, 0.25) is 39.3 Å². The van der Waals surface area contributed by atoms with Crippen LogP contribution < -0.4 is 5.73 Å². The second kappa shape index (κ2) is 8.55. The highest BCUT2D eigenvalue weighted by atomic mass is 28.4. The minimum absolute atomic E-state index is 0.183. The molecule has 0 heterocycles. The number of hydrogen-bond acceptors (Lipinski definition) is 1. The first kappa shape index (κ1) is 20.1. The fourth-order valence-corrected chi connectivity index (χ4v) is 14.1. The summed E-state index contributed by atoms with van der Waals surface area (Å²) in [5.41, 5.74) is 6.94. The molecule has 0 fully saturated rings. The van der Waals surface area contributed by atoms with Crippen LogP contribution >= 0.6 is 0 Å². The van der Waals surface area contributed by atoms with Crippen molar-refractivity contribution in [3.63, 3.8) is 0 Å². The first-order chi connectivity index (χ1) is 9.06. The molecule has 0 aliphatic heterocycles. The Bertz CT molecular complexity index is 260. The first-order valence-electron chi connectivity index (χ1n) is 8.46. The second-order valence-electron chi connectivity index (χ2n) is 8.42. The van der Waals surface area contributed by atoms with Gasteiger partial charge in [-0.05, 0) is 19.3 Å². The van der Waals surface area contributed by atoms with Gasteiger partial charge in [-0.1, -0.05) is 77.5 Å². The monoisotopic (exact) mass is 313 g/mol. The predicted octanol–water partition coefficient (Wildman–Crippen LogP) is 5.75. The largest absolute Gasteiger partial charge is 0.330 e. The van der Waals surface area contributed by atoms with E-state index in [2.05, 4.69) is 45.9 Å². The van der Waals surface area contributed by atoms with Gasteiger partial charge in [-0.2, -0.15) is 0 Å². The molecule has 3 heteroatoms. The van der Waals surface area contributed by atoms with Gasteiger partial charge in [0, 0.05) is 4.79 Å². The number of hydrogen-bond donors (Lipinski definition) is 1. The molecule has 0 aliphatic carbocycles. The summed E-state index contributed by atoms with van der Waals surface area (Å²) in [7, 11) is -2.61. The van der Waals surface area contributed by atoms with Crippen molar-refractivity contribution in [2.75, 3.05) is 0 Å². The second-order valence-corrected chi connectivity index (χ2v) is 19.7. The third kappa shape index (κ3) is 6.27. The van der Waals surface area contributed by atoms with Crippen molar-refractivity contribution in [2.24, 2.45) is 5.73 Å². The minimum atomic E-state index is -1.30. The standard InChI is InChI=1S/C17H39NSi2/c1-8-9-10-11-12-13-14-15-16-17(18,19(2,3)4)20(5,6)7/h8H,1,9-16,18H2,2-7H3. The maximum atomic E-state index is 6.94. The molecule has 0 aromatic carbocycles. The molecule has 0 radical (unpaired) electrons. The SMILES string of the molecule is C=CCCCCCCCCC(N)([Si](C)(C)C)[Si](C)(C)C. The summed E-state index contributed by atoms with van der Waals surface area (Å²) < 4.78 is 0. The molecule has 0 unspecified atom stereocenters. The van der Waals surface area contributed by atoms with E-state index in [0.29, 0.717) is 0 Å². The van der Waals surface area contributed by atoms with Crippen LogP contribution in [0.5, 0.6) is 0 Å². The van der Waals surface area contributed by atoms with Crippen LogP contribution in [0.4, 0.5) is 0 Å². The first-order valence-corrected chi connectivity index (χ1v) is 15.5. The van der Waals surface area contributed by atoms with E-state index >= 15 is 0 Å². The highest BCUT2D eigenvalue weighted by molar-refractivity contribution is 6.98. The molecule has 0 amide bonds. The predicted molar refractivity (Wildman–Crippen MR) is 101 cm³/mol. The van der Waals surface area contributed by atoms with Gasteiger partial charge in [-0.15, -0.1) is 6.58 Å². The van der Waals surface area contributed by atoms with Crippen molar-refractivity contribution >= 4 is 16.1 Å². The van der Waals surface area contributed by atoms with Crippen LogP contribution in [-0.4, -0.2) is 20.9 Å². The van der Waals surface area contributed by atoms with E-state index in [0.717, 1.165) is 0 Å². The van der Waals surface area contributed by atoms with E-state index < -0.39 is 16.1 Å². The lowest BCUT2D eigenvalue weighted by molar-refractivity contribution is 0.548. The molecule has 0 bridgehead atoms. The van der Waals surface area contributed by atoms with Gasteiger partial charge in [0.1, 0.15) is 0 Å². The quantitative estimate of drug-likeness (QED) is 0.293. The van der Waals surface area contributed by atoms with Gasteiger partial charge in [0.15, 0.2) is 0 Å². The van der Waals surface area contributed by atoms with Gasteiger partial charge in [-0.25, -0.2) is 0 Å². The van der Waals surface area contributed by atoms with Crippen LogP contribution in [0.1, 0.15) is 51.4 Å². The molecular weight excluding hydrogens is 274 g/mol. The summed E-state index contributed by atoms with van der Waals surface area (Å²) in [6, 6.07) is 0. The van der Waals surface area contributed by atoms with Crippen molar-refractivity contribution in [1.29, 1.82) is 0 Å². The van der Waals surface area contributed by atoms with Crippen molar-refractivity contribution in [3.05, 3.63) is 12.7 Å². The minimum Gasteiger partial charge on any atom is -0.330 e. The summed E-state index contributed by atoms with van der Waals surface area (Å²) in [6.07, 6.45) is 12.6. The van der Waals surface area contributed by atoms with E-state index in [1.54, 1.807) is 0 Å². The molecule has 120 valence electrons. The molecule has 0 saturated heterocycles. The zero-order valence-electron chi connectivity index (χ0n) is 15.0. The zero-order chi connectivity index (χ0) is 15.9. The van der Waals surface area contributed by atoms with Crippen molar-refractivity contribution < 1.29 is 0 Å². The topological polar surface area (TPSA) is 26.0 Å². The van der Waals surface area contributed by atoms with Crippen LogP contribution in [0, 0.1) is 0 Å². The molecule has 0 saturated carbocycles. The van der Waals surface area contributed by atoms with Gasteiger partial charge >= 0.3 is 0 Å². The van der Waals surface area contributed by atoms with Crippen LogP contribution in [0.25, 0.3) is 0 Å². The van der Waals surface area contributed by atoms with Gasteiger partial charge in [0.25, 0.3) is 0 Å². The molecule has 0 aliphatic rings. The lowest BCUT2D eigenvalue weighted by Gasteiger charge is -2.49. The van der Waals surface area contributed by atoms with Crippen LogP contribution in [0.3, 0.4) is 0 Å². The third-order valence-electron chi connectivity index (χ3n) is 4.91. The van der Waals surface area contributed by atoms with Gasteiger partial charge in [0.2, 0.25) is 0 Å². The maximum Gasteiger partial charge on any atom is 0.0634 e. The Balaban J connectivity index is 4.10. The highest BCUT2D eigenvalue weighted by Crippen LogP contribution is 2.33. The highest BCUT2D eigenvalue weighted by Gasteiger charge is 2.48. The summed E-state index contributed by atoms with van der Waals surface area (Å²) >= 11 is 0. The average Bonchev–Trinajstić information content (AvgIpc) is 2.29. The van der Waals surface area contributed by atoms with E-state index in [4.69, 9.17) is 5.73 Å². The Morgan fingerprint density at radius 3 is 1.60 bits per heavy atom. The summed E-state index contributed by atoms with van der Waals surface area (Å²) in [4.78, 5) is 0.183. The molecule has 20 heavy (non-hydrogen) atoms. The number of nitrogens with two attached hydrogens (primary N) is 1. The Kier molecular flexibility index (Phi) is 8.60. The Hall–Kier alpha value is 0.134. The van der Waals surface area contributed by atoms with E-state index in [1.165, 1.54) is 51.4 Å². The Labute approximate surface area is 130 Å². The van der Waals surface area contributed by atoms with Gasteiger partial charge < -0.3 is 5.73 Å². The zero-order valence-corrected chi connectivity index (χ0v) is 17.0. The number of rotatable bonds is 11. The lowest BCUT2D eigenvalue weighted by Crippen LogP contribution is -2.72. The van der Waals surface area contributed by atoms with E-state index in [-0.39, 0.29) is 4.79 Å². The van der Waals surface area contributed by atoms with Crippen molar-refractivity contribution in [2.45, 2.75) is 95.4 Å². The molecule has 0 aromatic heterocycles. The summed E-state index contributed by atoms with van der Waals surface area (Å²) in [5.74, 6) is 0. The van der Waals surface area contributed by atoms with Gasteiger partial charge in [-0.3, -0.25) is 0 Å². The number of unbranched alkanes of at least 4 members (excludes halogenated alkanes) is 6. The molecule has 1 nitrogen and oxygen atoms in total. The fraction of sp³-hybridized carbons (Fsp3) is 0.882. The van der Waals surface area contributed by atoms with Gasteiger partial charge in [0.05, 0.1) is 16.1 Å². The summed E-state index contributed by atoms with van der Waals surface area (Å²) in [5, 5.41) is 0. The molecular formula is C17H39NSi2. The van der Waals surface area contributed by atoms with E-state index in [1.807, 2.05) is 6.08 Å². The van der Waals surface area contributed by atoms with E-state index in [9.17, 15) is 0 Å². The number of allylic oxidation sites excluding steroid dienone is 1. The molecule has 0 spiro atoms. The van der Waals surface area contributed by atoms with Crippen molar-refractivity contribution in [1.82, 2.24) is 0 Å². The fourth-order valence-electron chi connectivity index (χ4n) is 3.27. The van der Waals surface area contributed by atoms with Crippen LogP contribution in [0.15, 0.2) is 12.7 Å². The average molecular weight is 314 g/mol.